The Labute approximate surface area is 122 Å². The van der Waals surface area contributed by atoms with E-state index >= 15 is 0 Å². The van der Waals surface area contributed by atoms with E-state index in [2.05, 4.69) is 5.32 Å². The van der Waals surface area contributed by atoms with Gasteiger partial charge in [0.1, 0.15) is 0 Å². The van der Waals surface area contributed by atoms with Crippen molar-refractivity contribution in [2.45, 2.75) is 70.3 Å². The van der Waals surface area contributed by atoms with Crippen molar-refractivity contribution < 1.29 is 9.53 Å². The number of hydrogen-bond acceptors (Lipinski definition) is 3. The topological polar surface area (TPSA) is 64.4 Å². The van der Waals surface area contributed by atoms with Gasteiger partial charge in [-0.1, -0.05) is 32.1 Å². The Morgan fingerprint density at radius 1 is 1.15 bits per heavy atom. The number of amides is 1. The molecule has 2 fully saturated rings. The molecule has 2 aliphatic rings. The van der Waals surface area contributed by atoms with Gasteiger partial charge in [-0.3, -0.25) is 4.79 Å². The molecule has 0 bridgehead atoms. The summed E-state index contributed by atoms with van der Waals surface area (Å²) in [6, 6.07) is 0. The van der Waals surface area contributed by atoms with Gasteiger partial charge >= 0.3 is 0 Å². The Morgan fingerprint density at radius 2 is 1.85 bits per heavy atom. The van der Waals surface area contributed by atoms with Crippen LogP contribution in [0.4, 0.5) is 0 Å². The van der Waals surface area contributed by atoms with Crippen LogP contribution in [0.1, 0.15) is 64.2 Å². The number of nitrogens with two attached hydrogens (primary N) is 1. The molecule has 0 saturated heterocycles. The Balaban J connectivity index is 1.61. The van der Waals surface area contributed by atoms with E-state index in [-0.39, 0.29) is 11.3 Å². The molecule has 3 N–H and O–H groups in total. The lowest BCUT2D eigenvalue weighted by atomic mass is 9.72. The van der Waals surface area contributed by atoms with Crippen molar-refractivity contribution in [3.63, 3.8) is 0 Å². The Kier molecular flexibility index (Phi) is 6.30. The summed E-state index contributed by atoms with van der Waals surface area (Å²) in [4.78, 5) is 12.0. The summed E-state index contributed by atoms with van der Waals surface area (Å²) in [5.74, 6) is 0.146. The van der Waals surface area contributed by atoms with Crippen molar-refractivity contribution in [1.29, 1.82) is 0 Å². The fourth-order valence-corrected chi connectivity index (χ4v) is 3.63. The molecule has 20 heavy (non-hydrogen) atoms. The third kappa shape index (κ3) is 4.74. The van der Waals surface area contributed by atoms with Crippen LogP contribution >= 0.6 is 0 Å². The maximum atomic E-state index is 12.0. The highest BCUT2D eigenvalue weighted by Gasteiger charge is 2.32. The number of carbonyl (C=O) groups excluding carboxylic acids is 1. The molecule has 4 nitrogen and oxygen atoms in total. The second-order valence-electron chi connectivity index (χ2n) is 6.57. The minimum absolute atomic E-state index is 0.0641. The summed E-state index contributed by atoms with van der Waals surface area (Å²) in [5, 5.41) is 2.99. The molecule has 0 aromatic carbocycles. The largest absolute Gasteiger partial charge is 0.376 e. The van der Waals surface area contributed by atoms with Crippen LogP contribution < -0.4 is 11.1 Å². The monoisotopic (exact) mass is 282 g/mol. The first-order valence-corrected chi connectivity index (χ1v) is 8.32. The summed E-state index contributed by atoms with van der Waals surface area (Å²) in [6.45, 7) is 1.92. The number of carbonyl (C=O) groups is 1. The zero-order chi connectivity index (χ0) is 14.3. The first kappa shape index (κ1) is 15.8. The molecule has 0 spiro atoms. The maximum absolute atomic E-state index is 12.0. The van der Waals surface area contributed by atoms with E-state index in [0.717, 1.165) is 12.8 Å². The van der Waals surface area contributed by atoms with Gasteiger partial charge in [0.2, 0.25) is 5.91 Å². The first-order chi connectivity index (χ1) is 9.74. The van der Waals surface area contributed by atoms with E-state index in [1.165, 1.54) is 44.9 Å². The van der Waals surface area contributed by atoms with Crippen molar-refractivity contribution in [2.24, 2.45) is 11.1 Å². The molecular weight excluding hydrogens is 252 g/mol. The fraction of sp³-hybridized carbons (Fsp3) is 0.938. The third-order valence-corrected chi connectivity index (χ3v) is 4.96. The molecule has 2 rings (SSSR count). The second-order valence-corrected chi connectivity index (χ2v) is 6.57. The predicted octanol–water partition coefficient (Wildman–Crippen LogP) is 2.36. The standard InChI is InChI=1S/C16H30N2O2/c17-13-16(8-4-1-5-9-16)12-15(19)18-10-11-20-14-6-2-3-7-14/h14H,1-13,17H2,(H,18,19). The summed E-state index contributed by atoms with van der Waals surface area (Å²) >= 11 is 0. The Bertz CT molecular complexity index is 295. The minimum Gasteiger partial charge on any atom is -0.376 e. The third-order valence-electron chi connectivity index (χ3n) is 4.96. The number of rotatable bonds is 7. The van der Waals surface area contributed by atoms with E-state index < -0.39 is 0 Å². The number of ether oxygens (including phenoxy) is 1. The van der Waals surface area contributed by atoms with E-state index in [0.29, 0.717) is 32.2 Å². The summed E-state index contributed by atoms with van der Waals surface area (Å²) in [7, 11) is 0. The molecule has 2 aliphatic carbocycles. The molecule has 0 radical (unpaired) electrons. The molecule has 0 heterocycles. The van der Waals surface area contributed by atoms with Gasteiger partial charge in [-0.2, -0.15) is 0 Å². The van der Waals surface area contributed by atoms with Gasteiger partial charge in [-0.25, -0.2) is 0 Å². The SMILES string of the molecule is NCC1(CC(=O)NCCOC2CCCC2)CCCCC1. The highest BCUT2D eigenvalue weighted by atomic mass is 16.5. The molecular formula is C16H30N2O2. The van der Waals surface area contributed by atoms with Crippen LogP contribution in [0.25, 0.3) is 0 Å². The van der Waals surface area contributed by atoms with Gasteiger partial charge in [0.15, 0.2) is 0 Å². The highest BCUT2D eigenvalue weighted by molar-refractivity contribution is 5.76. The lowest BCUT2D eigenvalue weighted by Crippen LogP contribution is -2.39. The van der Waals surface area contributed by atoms with Crippen LogP contribution in [0, 0.1) is 5.41 Å². The maximum Gasteiger partial charge on any atom is 0.220 e. The van der Waals surface area contributed by atoms with Crippen LogP contribution in [-0.4, -0.2) is 31.7 Å². The molecule has 0 unspecified atom stereocenters. The molecule has 4 heteroatoms. The second kappa shape index (κ2) is 7.99. The van der Waals surface area contributed by atoms with Crippen LogP contribution in [0.2, 0.25) is 0 Å². The van der Waals surface area contributed by atoms with Gasteiger partial charge in [0.25, 0.3) is 0 Å². The number of hydrogen-bond donors (Lipinski definition) is 2. The van der Waals surface area contributed by atoms with E-state index in [4.69, 9.17) is 10.5 Å². The van der Waals surface area contributed by atoms with Crippen molar-refractivity contribution in [1.82, 2.24) is 5.32 Å². The lowest BCUT2D eigenvalue weighted by Gasteiger charge is -2.35. The summed E-state index contributed by atoms with van der Waals surface area (Å²) < 4.78 is 5.76. The smallest absolute Gasteiger partial charge is 0.220 e. The molecule has 1 amide bonds. The minimum atomic E-state index is 0.0641. The molecule has 0 aromatic heterocycles. The summed E-state index contributed by atoms with van der Waals surface area (Å²) in [5.41, 5.74) is 5.98. The van der Waals surface area contributed by atoms with Crippen LogP contribution in [0.15, 0.2) is 0 Å². The van der Waals surface area contributed by atoms with Crippen molar-refractivity contribution in [2.75, 3.05) is 19.7 Å². The summed E-state index contributed by atoms with van der Waals surface area (Å²) in [6.07, 6.45) is 11.9. The molecule has 0 aromatic rings. The van der Waals surface area contributed by atoms with Gasteiger partial charge in [-0.15, -0.1) is 0 Å². The molecule has 116 valence electrons. The van der Waals surface area contributed by atoms with E-state index in [1.807, 2.05) is 0 Å². The van der Waals surface area contributed by atoms with Gasteiger partial charge < -0.3 is 15.8 Å². The van der Waals surface area contributed by atoms with Gasteiger partial charge in [0.05, 0.1) is 12.7 Å². The van der Waals surface area contributed by atoms with Crippen LogP contribution in [-0.2, 0) is 9.53 Å². The molecule has 0 aliphatic heterocycles. The normalized spacial score (nSPS) is 22.9. The quantitative estimate of drug-likeness (QED) is 0.705. The zero-order valence-electron chi connectivity index (χ0n) is 12.7. The fourth-order valence-electron chi connectivity index (χ4n) is 3.63. The van der Waals surface area contributed by atoms with Crippen molar-refractivity contribution >= 4 is 5.91 Å². The Hall–Kier alpha value is -0.610. The lowest BCUT2D eigenvalue weighted by molar-refractivity contribution is -0.124. The van der Waals surface area contributed by atoms with Gasteiger partial charge in [-0.05, 0) is 37.6 Å². The zero-order valence-corrected chi connectivity index (χ0v) is 12.7. The predicted molar refractivity (Wildman–Crippen MR) is 80.4 cm³/mol. The van der Waals surface area contributed by atoms with Crippen LogP contribution in [0.5, 0.6) is 0 Å². The van der Waals surface area contributed by atoms with Crippen molar-refractivity contribution in [3.8, 4) is 0 Å². The Morgan fingerprint density at radius 3 is 2.50 bits per heavy atom. The highest BCUT2D eigenvalue weighted by Crippen LogP contribution is 2.38. The van der Waals surface area contributed by atoms with E-state index in [9.17, 15) is 4.79 Å². The molecule has 2 saturated carbocycles. The first-order valence-electron chi connectivity index (χ1n) is 8.32. The number of nitrogens with one attached hydrogen (secondary N) is 1. The van der Waals surface area contributed by atoms with Crippen LogP contribution in [0.3, 0.4) is 0 Å². The van der Waals surface area contributed by atoms with E-state index in [1.54, 1.807) is 0 Å². The average Bonchev–Trinajstić information content (AvgIpc) is 2.98. The molecule has 0 atom stereocenters. The average molecular weight is 282 g/mol. The van der Waals surface area contributed by atoms with Crippen molar-refractivity contribution in [3.05, 3.63) is 0 Å². The van der Waals surface area contributed by atoms with Gasteiger partial charge in [0, 0.05) is 13.0 Å².